The second-order valence-corrected chi connectivity index (χ2v) is 16.4. The van der Waals surface area contributed by atoms with Gasteiger partial charge in [-0.15, -0.1) is 0 Å². The van der Waals surface area contributed by atoms with Crippen LogP contribution in [0.5, 0.6) is 0 Å². The summed E-state index contributed by atoms with van der Waals surface area (Å²) in [5.41, 5.74) is 6.51. The van der Waals surface area contributed by atoms with Gasteiger partial charge < -0.3 is 14.5 Å². The molecule has 0 unspecified atom stereocenters. The molecule has 9 nitrogen and oxygen atoms in total. The normalized spacial score (nSPS) is 19.0. The maximum Gasteiger partial charge on any atom is 0.410 e. The number of nitrogens with zero attached hydrogens (tertiary/aromatic N) is 4. The van der Waals surface area contributed by atoms with Crippen molar-refractivity contribution >= 4 is 45.1 Å². The SMILES string of the molecule is CC(C)(C)OC(=O)N1CCC[C@H]1C1=Nc2ccc3cc(-c4ccc5cc(-c6cnc([C@@H]7CCCN7C(=O)OC(C)(C)C)[nH]6)ccc5c4)ccc3c2C1. The standard InChI is InChI=1S/C43H47N5O4/c1-42(2,3)51-40(49)47-19-7-9-37(47)35-24-33-32-17-15-29(22-30(32)16-18-34(33)45-35)26-11-12-28-23-31(14-13-27(28)21-26)36-25-44-39(46-36)38-10-8-20-48(38)41(50)52-43(4,5)6/h11-18,21-23,25,37-38H,7-10,19-20,24H2,1-6H3,(H,44,46)/t37-,38-/m0/s1. The molecule has 0 bridgehead atoms. The summed E-state index contributed by atoms with van der Waals surface area (Å²) in [5.74, 6) is 0.792. The summed E-state index contributed by atoms with van der Waals surface area (Å²) in [6.07, 6.45) is 5.71. The molecule has 52 heavy (non-hydrogen) atoms. The first kappa shape index (κ1) is 33.9. The molecular formula is C43H47N5O4. The Hall–Kier alpha value is -5.18. The van der Waals surface area contributed by atoms with Gasteiger partial charge in [0, 0.05) is 30.8 Å². The van der Waals surface area contributed by atoms with Gasteiger partial charge in [0.15, 0.2) is 0 Å². The minimum atomic E-state index is -0.539. The topological polar surface area (TPSA) is 100 Å². The molecular weight excluding hydrogens is 651 g/mol. The van der Waals surface area contributed by atoms with E-state index >= 15 is 0 Å². The predicted octanol–water partition coefficient (Wildman–Crippen LogP) is 10.2. The number of fused-ring (bicyclic) bond motifs is 4. The molecule has 2 amide bonds. The summed E-state index contributed by atoms with van der Waals surface area (Å²) in [7, 11) is 0. The van der Waals surface area contributed by atoms with Crippen LogP contribution in [0.2, 0.25) is 0 Å². The number of ether oxygens (including phenoxy) is 2. The lowest BCUT2D eigenvalue weighted by atomic mass is 9.94. The molecule has 8 rings (SSSR count). The first-order valence-corrected chi connectivity index (χ1v) is 18.5. The molecule has 0 aliphatic carbocycles. The Morgan fingerprint density at radius 3 is 1.94 bits per heavy atom. The van der Waals surface area contributed by atoms with Gasteiger partial charge in [-0.1, -0.05) is 42.5 Å². The molecule has 2 saturated heterocycles. The molecule has 3 aliphatic rings. The highest BCUT2D eigenvalue weighted by Gasteiger charge is 2.37. The van der Waals surface area contributed by atoms with E-state index in [1.165, 1.54) is 16.3 Å². The molecule has 0 radical (unpaired) electrons. The number of aliphatic imine (C=N–C) groups is 1. The van der Waals surface area contributed by atoms with Crippen molar-refractivity contribution in [2.45, 2.75) is 96.9 Å². The number of carbonyl (C=O) groups excluding carboxylic acids is 2. The molecule has 3 aliphatic heterocycles. The van der Waals surface area contributed by atoms with Crippen LogP contribution in [0.25, 0.3) is 43.9 Å². The third-order valence-electron chi connectivity index (χ3n) is 10.3. The lowest BCUT2D eigenvalue weighted by Crippen LogP contribution is -2.43. The summed E-state index contributed by atoms with van der Waals surface area (Å²) in [4.78, 5) is 42.7. The Kier molecular flexibility index (Phi) is 8.35. The van der Waals surface area contributed by atoms with Gasteiger partial charge in [-0.3, -0.25) is 14.8 Å². The van der Waals surface area contributed by atoms with Crippen LogP contribution >= 0.6 is 0 Å². The number of likely N-dealkylation sites (tertiary alicyclic amines) is 2. The van der Waals surface area contributed by atoms with E-state index in [0.717, 1.165) is 82.5 Å². The molecule has 268 valence electrons. The zero-order chi connectivity index (χ0) is 36.4. The Balaban J connectivity index is 0.989. The third-order valence-corrected chi connectivity index (χ3v) is 10.3. The molecule has 2 atom stereocenters. The van der Waals surface area contributed by atoms with E-state index in [-0.39, 0.29) is 24.3 Å². The molecule has 4 heterocycles. The van der Waals surface area contributed by atoms with E-state index in [2.05, 4.69) is 71.7 Å². The number of hydrogen-bond acceptors (Lipinski definition) is 6. The van der Waals surface area contributed by atoms with Crippen LogP contribution in [0, 0.1) is 0 Å². The summed E-state index contributed by atoms with van der Waals surface area (Å²) in [5, 5.41) is 4.69. The van der Waals surface area contributed by atoms with Crippen molar-refractivity contribution in [1.82, 2.24) is 19.8 Å². The van der Waals surface area contributed by atoms with Gasteiger partial charge in [-0.2, -0.15) is 0 Å². The van der Waals surface area contributed by atoms with Gasteiger partial charge in [0.1, 0.15) is 17.0 Å². The van der Waals surface area contributed by atoms with Crippen molar-refractivity contribution in [1.29, 1.82) is 0 Å². The number of rotatable bonds is 4. The zero-order valence-corrected chi connectivity index (χ0v) is 31.0. The van der Waals surface area contributed by atoms with Gasteiger partial charge >= 0.3 is 12.2 Å². The molecule has 1 aromatic heterocycles. The van der Waals surface area contributed by atoms with Crippen LogP contribution in [0.1, 0.15) is 84.7 Å². The number of aromatic amines is 1. The smallest absolute Gasteiger partial charge is 0.410 e. The average molecular weight is 698 g/mol. The van der Waals surface area contributed by atoms with Crippen molar-refractivity contribution in [2.24, 2.45) is 4.99 Å². The fourth-order valence-electron chi connectivity index (χ4n) is 7.91. The third kappa shape index (κ3) is 6.64. The average Bonchev–Trinajstić information content (AvgIpc) is 3.91. The van der Waals surface area contributed by atoms with Crippen molar-refractivity contribution in [3.63, 3.8) is 0 Å². The first-order valence-electron chi connectivity index (χ1n) is 18.5. The number of nitrogens with one attached hydrogen (secondary N) is 1. The maximum absolute atomic E-state index is 13.0. The van der Waals surface area contributed by atoms with Gasteiger partial charge in [0.25, 0.3) is 0 Å². The first-order chi connectivity index (χ1) is 24.8. The lowest BCUT2D eigenvalue weighted by molar-refractivity contribution is 0.0216. The van der Waals surface area contributed by atoms with E-state index in [0.29, 0.717) is 13.1 Å². The van der Waals surface area contributed by atoms with E-state index in [1.807, 2.05) is 52.6 Å². The van der Waals surface area contributed by atoms with E-state index in [1.54, 1.807) is 4.90 Å². The summed E-state index contributed by atoms with van der Waals surface area (Å²) < 4.78 is 11.4. The molecule has 0 saturated carbocycles. The van der Waals surface area contributed by atoms with Crippen LogP contribution in [0.4, 0.5) is 15.3 Å². The molecule has 9 heteroatoms. The van der Waals surface area contributed by atoms with Crippen LogP contribution in [-0.4, -0.2) is 68.0 Å². The van der Waals surface area contributed by atoms with Gasteiger partial charge in [-0.05, 0) is 130 Å². The van der Waals surface area contributed by atoms with Gasteiger partial charge in [0.05, 0.1) is 29.7 Å². The monoisotopic (exact) mass is 697 g/mol. The van der Waals surface area contributed by atoms with Gasteiger partial charge in [0.2, 0.25) is 0 Å². The number of aromatic nitrogens is 2. The highest BCUT2D eigenvalue weighted by Crippen LogP contribution is 2.39. The van der Waals surface area contributed by atoms with Gasteiger partial charge in [-0.25, -0.2) is 14.6 Å². The predicted molar refractivity (Wildman–Crippen MR) is 206 cm³/mol. The number of imidazole rings is 1. The summed E-state index contributed by atoms with van der Waals surface area (Å²) in [6.45, 7) is 12.8. The highest BCUT2D eigenvalue weighted by atomic mass is 16.6. The van der Waals surface area contributed by atoms with Crippen molar-refractivity contribution in [3.8, 4) is 22.4 Å². The fraction of sp³-hybridized carbons (Fsp3) is 0.395. The number of amides is 2. The largest absolute Gasteiger partial charge is 0.444 e. The Morgan fingerprint density at radius 1 is 0.712 bits per heavy atom. The van der Waals surface area contributed by atoms with Crippen molar-refractivity contribution in [3.05, 3.63) is 84.3 Å². The molecule has 0 spiro atoms. The fourth-order valence-corrected chi connectivity index (χ4v) is 7.91. The summed E-state index contributed by atoms with van der Waals surface area (Å²) >= 11 is 0. The Bertz CT molecular complexity index is 2240. The molecule has 1 N–H and O–H groups in total. The Morgan fingerprint density at radius 2 is 1.27 bits per heavy atom. The minimum absolute atomic E-state index is 0.0215. The van der Waals surface area contributed by atoms with E-state index in [9.17, 15) is 9.59 Å². The second-order valence-electron chi connectivity index (χ2n) is 16.4. The Labute approximate surface area is 305 Å². The maximum atomic E-state index is 13.0. The molecule has 2 fully saturated rings. The van der Waals surface area contributed by atoms with Crippen LogP contribution in [0.3, 0.4) is 0 Å². The number of hydrogen-bond donors (Lipinski definition) is 1. The number of benzene rings is 4. The minimum Gasteiger partial charge on any atom is -0.444 e. The summed E-state index contributed by atoms with van der Waals surface area (Å²) in [6, 6.07) is 23.9. The van der Waals surface area contributed by atoms with E-state index < -0.39 is 11.2 Å². The highest BCUT2D eigenvalue weighted by molar-refractivity contribution is 6.05. The van der Waals surface area contributed by atoms with Crippen molar-refractivity contribution < 1.29 is 19.1 Å². The van der Waals surface area contributed by atoms with Crippen LogP contribution in [0.15, 0.2) is 77.9 Å². The van der Waals surface area contributed by atoms with Crippen molar-refractivity contribution in [2.75, 3.05) is 13.1 Å². The second kappa shape index (κ2) is 12.8. The number of carbonyl (C=O) groups is 2. The lowest BCUT2D eigenvalue weighted by Gasteiger charge is -2.28. The van der Waals surface area contributed by atoms with Crippen LogP contribution in [-0.2, 0) is 15.9 Å². The van der Waals surface area contributed by atoms with Crippen LogP contribution < -0.4 is 0 Å². The molecule has 4 aromatic carbocycles. The number of H-pyrrole nitrogens is 1. The quantitative estimate of drug-likeness (QED) is 0.202. The molecule has 5 aromatic rings. The zero-order valence-electron chi connectivity index (χ0n) is 31.0. The van der Waals surface area contributed by atoms with E-state index in [4.69, 9.17) is 19.5 Å².